The molecule has 1 rings (SSSR count). The third-order valence-electron chi connectivity index (χ3n) is 3.06. The van der Waals surface area contributed by atoms with Gasteiger partial charge >= 0.3 is 5.97 Å². The van der Waals surface area contributed by atoms with E-state index in [9.17, 15) is 9.59 Å². The maximum absolute atomic E-state index is 11.8. The van der Waals surface area contributed by atoms with Crippen LogP contribution in [0.25, 0.3) is 6.08 Å². The van der Waals surface area contributed by atoms with Gasteiger partial charge in [-0.15, -0.1) is 0 Å². The second-order valence-electron chi connectivity index (χ2n) is 4.79. The number of aryl methyl sites for hydroxylation is 1. The lowest BCUT2D eigenvalue weighted by molar-refractivity contribution is -0.137. The molecule has 0 aliphatic heterocycles. The summed E-state index contributed by atoms with van der Waals surface area (Å²) in [6.07, 6.45) is 3.54. The minimum atomic E-state index is -0.925. The molecule has 0 aromatic heterocycles. The molecule has 1 aromatic rings. The highest BCUT2D eigenvalue weighted by molar-refractivity contribution is 5.92. The van der Waals surface area contributed by atoms with E-state index in [1.54, 1.807) is 13.2 Å². The number of hydrogen-bond acceptors (Lipinski definition) is 3. The maximum Gasteiger partial charge on any atom is 0.305 e. The van der Waals surface area contributed by atoms with Gasteiger partial charge in [0.15, 0.2) is 0 Å². The number of benzene rings is 1. The highest BCUT2D eigenvalue weighted by Crippen LogP contribution is 2.20. The summed E-state index contributed by atoms with van der Waals surface area (Å²) in [4.78, 5) is 22.5. The number of hydrogen-bond donors (Lipinski definition) is 2. The monoisotopic (exact) mass is 291 g/mol. The molecule has 1 amide bonds. The summed E-state index contributed by atoms with van der Waals surface area (Å²) in [5, 5.41) is 11.4. The summed E-state index contributed by atoms with van der Waals surface area (Å²) in [7, 11) is 1.57. The Bertz CT molecular complexity index is 537. The molecule has 0 bridgehead atoms. The molecular weight excluding hydrogens is 270 g/mol. The maximum atomic E-state index is 11.8. The van der Waals surface area contributed by atoms with Crippen LogP contribution in [0, 0.1) is 6.92 Å². The van der Waals surface area contributed by atoms with Crippen LogP contribution in [0.3, 0.4) is 0 Å². The minimum absolute atomic E-state index is 0.0795. The van der Waals surface area contributed by atoms with Crippen molar-refractivity contribution in [3.63, 3.8) is 0 Å². The molecule has 0 radical (unpaired) electrons. The van der Waals surface area contributed by atoms with Gasteiger partial charge in [0.2, 0.25) is 5.91 Å². The Hall–Kier alpha value is -2.30. The number of aliphatic carboxylic acids is 1. The summed E-state index contributed by atoms with van der Waals surface area (Å²) in [5.41, 5.74) is 1.87. The number of rotatable bonds is 7. The summed E-state index contributed by atoms with van der Waals surface area (Å²) in [6.45, 7) is 3.79. The second-order valence-corrected chi connectivity index (χ2v) is 4.79. The van der Waals surface area contributed by atoms with Crippen LogP contribution >= 0.6 is 0 Å². The average Bonchev–Trinajstić information content (AvgIpc) is 2.44. The van der Waals surface area contributed by atoms with Crippen LogP contribution in [0.15, 0.2) is 24.3 Å². The van der Waals surface area contributed by atoms with Crippen LogP contribution in [0.2, 0.25) is 0 Å². The number of nitrogens with one attached hydrogen (secondary N) is 1. The molecule has 0 aliphatic rings. The van der Waals surface area contributed by atoms with Crippen LogP contribution in [-0.2, 0) is 9.59 Å². The topological polar surface area (TPSA) is 75.6 Å². The molecule has 0 spiro atoms. The van der Waals surface area contributed by atoms with Crippen LogP contribution in [0.4, 0.5) is 0 Å². The number of carbonyl (C=O) groups excluding carboxylic acids is 1. The Balaban J connectivity index is 2.73. The van der Waals surface area contributed by atoms with Gasteiger partial charge in [-0.25, -0.2) is 0 Å². The molecule has 0 heterocycles. The zero-order valence-electron chi connectivity index (χ0n) is 12.6. The second kappa shape index (κ2) is 8.09. The van der Waals surface area contributed by atoms with E-state index in [2.05, 4.69) is 5.32 Å². The lowest BCUT2D eigenvalue weighted by Crippen LogP contribution is -2.34. The van der Waals surface area contributed by atoms with Crippen LogP contribution < -0.4 is 10.1 Å². The molecule has 5 nitrogen and oxygen atoms in total. The van der Waals surface area contributed by atoms with Crippen molar-refractivity contribution in [2.75, 3.05) is 7.11 Å². The number of carboxylic acids is 1. The van der Waals surface area contributed by atoms with E-state index in [1.165, 1.54) is 6.08 Å². The van der Waals surface area contributed by atoms with E-state index < -0.39 is 5.97 Å². The molecule has 1 aromatic carbocycles. The van der Waals surface area contributed by atoms with Gasteiger partial charge in [-0.05, 0) is 31.6 Å². The highest BCUT2D eigenvalue weighted by Gasteiger charge is 2.12. The van der Waals surface area contributed by atoms with Crippen LogP contribution in [0.1, 0.15) is 30.9 Å². The van der Waals surface area contributed by atoms with Gasteiger partial charge < -0.3 is 15.2 Å². The molecule has 2 N–H and O–H groups in total. The number of methoxy groups -OCH3 is 1. The number of amides is 1. The van der Waals surface area contributed by atoms with Crippen molar-refractivity contribution in [2.24, 2.45) is 0 Å². The van der Waals surface area contributed by atoms with Crippen LogP contribution in [0.5, 0.6) is 5.75 Å². The fourth-order valence-corrected chi connectivity index (χ4v) is 1.91. The van der Waals surface area contributed by atoms with Crippen molar-refractivity contribution < 1.29 is 19.4 Å². The molecule has 0 saturated carbocycles. The van der Waals surface area contributed by atoms with E-state index in [4.69, 9.17) is 9.84 Å². The lowest BCUT2D eigenvalue weighted by atomic mass is 10.1. The Morgan fingerprint density at radius 2 is 2.14 bits per heavy atom. The Morgan fingerprint density at radius 1 is 1.43 bits per heavy atom. The Kier molecular flexibility index (Phi) is 6.46. The van der Waals surface area contributed by atoms with Gasteiger partial charge in [-0.2, -0.15) is 0 Å². The molecular formula is C16H21NO4. The molecule has 1 unspecified atom stereocenters. The first-order chi connectivity index (χ1) is 9.96. The smallest absolute Gasteiger partial charge is 0.305 e. The number of carboxylic acid groups (broad SMARTS) is 1. The van der Waals surface area contributed by atoms with Crippen molar-refractivity contribution in [3.8, 4) is 5.75 Å². The van der Waals surface area contributed by atoms with Crippen molar-refractivity contribution in [1.82, 2.24) is 5.32 Å². The molecule has 5 heteroatoms. The fourth-order valence-electron chi connectivity index (χ4n) is 1.91. The normalized spacial score (nSPS) is 12.1. The first-order valence-electron chi connectivity index (χ1n) is 6.81. The summed E-state index contributed by atoms with van der Waals surface area (Å²) < 4.78 is 5.23. The van der Waals surface area contributed by atoms with Crippen molar-refractivity contribution in [2.45, 2.75) is 32.7 Å². The van der Waals surface area contributed by atoms with E-state index in [0.29, 0.717) is 12.2 Å². The van der Waals surface area contributed by atoms with Crippen molar-refractivity contribution in [1.29, 1.82) is 0 Å². The zero-order chi connectivity index (χ0) is 15.8. The quantitative estimate of drug-likeness (QED) is 0.756. The zero-order valence-corrected chi connectivity index (χ0v) is 12.6. The van der Waals surface area contributed by atoms with E-state index >= 15 is 0 Å². The molecule has 0 saturated heterocycles. The molecule has 21 heavy (non-hydrogen) atoms. The van der Waals surface area contributed by atoms with E-state index in [0.717, 1.165) is 11.1 Å². The highest BCUT2D eigenvalue weighted by atomic mass is 16.5. The molecule has 114 valence electrons. The largest absolute Gasteiger partial charge is 0.496 e. The van der Waals surface area contributed by atoms with Crippen molar-refractivity contribution >= 4 is 18.0 Å². The molecule has 0 fully saturated rings. The van der Waals surface area contributed by atoms with E-state index in [-0.39, 0.29) is 18.4 Å². The lowest BCUT2D eigenvalue weighted by Gasteiger charge is -2.13. The molecule has 0 aliphatic carbocycles. The number of ether oxygens (including phenoxy) is 1. The Labute approximate surface area is 124 Å². The fraction of sp³-hybridized carbons (Fsp3) is 0.375. The first-order valence-corrected chi connectivity index (χ1v) is 6.81. The van der Waals surface area contributed by atoms with Gasteiger partial charge in [-0.1, -0.05) is 18.6 Å². The van der Waals surface area contributed by atoms with E-state index in [1.807, 2.05) is 32.0 Å². The van der Waals surface area contributed by atoms with Crippen molar-refractivity contribution in [3.05, 3.63) is 35.4 Å². The SMILES string of the molecule is CCC(CC(=O)O)NC(=O)/C=C/c1cc(C)ccc1OC. The van der Waals surface area contributed by atoms with Gasteiger partial charge in [-0.3, -0.25) is 9.59 Å². The average molecular weight is 291 g/mol. The molecule has 1 atom stereocenters. The minimum Gasteiger partial charge on any atom is -0.496 e. The van der Waals surface area contributed by atoms with Gasteiger partial charge in [0.1, 0.15) is 5.75 Å². The predicted molar refractivity (Wildman–Crippen MR) is 81.2 cm³/mol. The first kappa shape index (κ1) is 16.8. The predicted octanol–water partition coefficient (Wildman–Crippen LogP) is 2.39. The third kappa shape index (κ3) is 5.69. The third-order valence-corrected chi connectivity index (χ3v) is 3.06. The number of carbonyl (C=O) groups is 2. The van der Waals surface area contributed by atoms with Crippen LogP contribution in [-0.4, -0.2) is 30.1 Å². The summed E-state index contributed by atoms with van der Waals surface area (Å²) >= 11 is 0. The van der Waals surface area contributed by atoms with Gasteiger partial charge in [0.25, 0.3) is 0 Å². The van der Waals surface area contributed by atoms with Gasteiger partial charge in [0, 0.05) is 17.7 Å². The standard InChI is InChI=1S/C16H21NO4/c1-4-13(10-16(19)20)17-15(18)8-6-12-9-11(2)5-7-14(12)21-3/h5-9,13H,4,10H2,1-3H3,(H,17,18)(H,19,20)/b8-6+. The Morgan fingerprint density at radius 3 is 2.71 bits per heavy atom. The van der Waals surface area contributed by atoms with Gasteiger partial charge in [0.05, 0.1) is 13.5 Å². The summed E-state index contributed by atoms with van der Waals surface area (Å²) in [6, 6.07) is 5.32. The summed E-state index contributed by atoms with van der Waals surface area (Å²) in [5.74, 6) is -0.555.